The summed E-state index contributed by atoms with van der Waals surface area (Å²) in [6.07, 6.45) is 6.09. The standard InChI is InChI=1S/C32H36N4O3/c1-24-16-17-29(25(22-24)10-2-6-20-38-31-15-3-7-21-39-31)35-32(37)33-27-12-8-11-26(23-27)28-13-9-14-30(34-28)36-18-4-5-19-36/h8-9,11-14,16-17,22-23,31H,3-7,15,18-21H2,1H3,(H2,33,35,37). The van der Waals surface area contributed by atoms with Crippen LogP contribution in [-0.2, 0) is 9.47 Å². The second kappa shape index (κ2) is 13.3. The first kappa shape index (κ1) is 26.7. The number of hydrogen-bond donors (Lipinski definition) is 2. The molecular weight excluding hydrogens is 488 g/mol. The third-order valence-electron chi connectivity index (χ3n) is 6.90. The van der Waals surface area contributed by atoms with Gasteiger partial charge in [0, 0.05) is 42.9 Å². The quantitative estimate of drug-likeness (QED) is 0.270. The number of benzene rings is 2. The Bertz CT molecular complexity index is 1330. The average molecular weight is 525 g/mol. The summed E-state index contributed by atoms with van der Waals surface area (Å²) in [5.74, 6) is 7.37. The minimum absolute atomic E-state index is 0.108. The molecule has 0 aliphatic carbocycles. The van der Waals surface area contributed by atoms with Gasteiger partial charge in [-0.3, -0.25) is 0 Å². The molecule has 2 saturated heterocycles. The van der Waals surface area contributed by atoms with Crippen LogP contribution in [0.5, 0.6) is 0 Å². The second-order valence-electron chi connectivity index (χ2n) is 10.0. The van der Waals surface area contributed by atoms with Crippen molar-refractivity contribution in [3.05, 3.63) is 71.8 Å². The van der Waals surface area contributed by atoms with E-state index in [1.54, 1.807) is 0 Å². The number of aromatic nitrogens is 1. The number of ether oxygens (including phenoxy) is 2. The summed E-state index contributed by atoms with van der Waals surface area (Å²) >= 11 is 0. The molecule has 2 aliphatic heterocycles. The predicted molar refractivity (Wildman–Crippen MR) is 156 cm³/mol. The van der Waals surface area contributed by atoms with Gasteiger partial charge in [0.05, 0.1) is 18.0 Å². The van der Waals surface area contributed by atoms with Crippen molar-refractivity contribution in [2.24, 2.45) is 0 Å². The summed E-state index contributed by atoms with van der Waals surface area (Å²) in [4.78, 5) is 20.1. The SMILES string of the molecule is Cc1ccc(NC(=O)Nc2cccc(-c3cccc(N4CCCC4)n3)c2)c(C#CCCOC2CCCCO2)c1. The number of nitrogens with one attached hydrogen (secondary N) is 2. The van der Waals surface area contributed by atoms with Crippen LogP contribution in [0.4, 0.5) is 22.0 Å². The van der Waals surface area contributed by atoms with Crippen molar-refractivity contribution >= 4 is 23.2 Å². The van der Waals surface area contributed by atoms with Crippen molar-refractivity contribution in [1.82, 2.24) is 4.98 Å². The predicted octanol–water partition coefficient (Wildman–Crippen LogP) is 6.59. The number of aryl methyl sites for hydroxylation is 1. The smallest absolute Gasteiger partial charge is 0.323 e. The Balaban J connectivity index is 1.20. The highest BCUT2D eigenvalue weighted by Gasteiger charge is 2.15. The van der Waals surface area contributed by atoms with Crippen LogP contribution in [0.2, 0.25) is 0 Å². The number of urea groups is 1. The van der Waals surface area contributed by atoms with Crippen LogP contribution >= 0.6 is 0 Å². The molecule has 7 nitrogen and oxygen atoms in total. The molecule has 2 amide bonds. The van der Waals surface area contributed by atoms with E-state index in [1.807, 2.05) is 61.5 Å². The molecule has 2 aromatic carbocycles. The van der Waals surface area contributed by atoms with E-state index in [4.69, 9.17) is 14.5 Å². The number of carbonyl (C=O) groups is 1. The molecule has 7 heteroatoms. The van der Waals surface area contributed by atoms with Gasteiger partial charge in [-0.2, -0.15) is 0 Å². The lowest BCUT2D eigenvalue weighted by Gasteiger charge is -2.22. The van der Waals surface area contributed by atoms with E-state index in [2.05, 4.69) is 33.4 Å². The van der Waals surface area contributed by atoms with Crippen molar-refractivity contribution in [3.63, 3.8) is 0 Å². The number of anilines is 3. The molecule has 3 heterocycles. The lowest BCUT2D eigenvalue weighted by Crippen LogP contribution is -2.22. The van der Waals surface area contributed by atoms with Crippen LogP contribution in [0.25, 0.3) is 11.3 Å². The third kappa shape index (κ3) is 7.60. The maximum absolute atomic E-state index is 12.9. The maximum atomic E-state index is 12.9. The van der Waals surface area contributed by atoms with Crippen molar-refractivity contribution in [3.8, 4) is 23.1 Å². The highest BCUT2D eigenvalue weighted by molar-refractivity contribution is 6.01. The van der Waals surface area contributed by atoms with E-state index in [-0.39, 0.29) is 12.3 Å². The third-order valence-corrected chi connectivity index (χ3v) is 6.90. The van der Waals surface area contributed by atoms with Crippen LogP contribution in [0, 0.1) is 18.8 Å². The molecule has 0 bridgehead atoms. The monoisotopic (exact) mass is 524 g/mol. The molecule has 5 rings (SSSR count). The molecule has 1 atom stereocenters. The van der Waals surface area contributed by atoms with Crippen molar-refractivity contribution in [2.75, 3.05) is 41.8 Å². The fourth-order valence-electron chi connectivity index (χ4n) is 4.86. The average Bonchev–Trinajstić information content (AvgIpc) is 3.50. The number of amides is 2. The minimum Gasteiger partial charge on any atom is -0.357 e. The molecule has 3 aromatic rings. The lowest BCUT2D eigenvalue weighted by atomic mass is 10.1. The van der Waals surface area contributed by atoms with Gasteiger partial charge in [-0.1, -0.05) is 36.1 Å². The Morgan fingerprint density at radius 1 is 1.05 bits per heavy atom. The lowest BCUT2D eigenvalue weighted by molar-refractivity contribution is -0.161. The summed E-state index contributed by atoms with van der Waals surface area (Å²) in [6, 6.07) is 19.4. The van der Waals surface area contributed by atoms with Gasteiger partial charge in [-0.25, -0.2) is 9.78 Å². The Hall–Kier alpha value is -3.86. The Kier molecular flexibility index (Phi) is 9.10. The van der Waals surface area contributed by atoms with Crippen molar-refractivity contribution in [2.45, 2.75) is 51.7 Å². The summed E-state index contributed by atoms with van der Waals surface area (Å²) in [7, 11) is 0. The van der Waals surface area contributed by atoms with Gasteiger partial charge >= 0.3 is 6.03 Å². The molecule has 2 N–H and O–H groups in total. The van der Waals surface area contributed by atoms with E-state index < -0.39 is 0 Å². The van der Waals surface area contributed by atoms with Crippen LogP contribution < -0.4 is 15.5 Å². The second-order valence-corrected chi connectivity index (χ2v) is 10.0. The van der Waals surface area contributed by atoms with E-state index in [1.165, 1.54) is 12.8 Å². The van der Waals surface area contributed by atoms with Crippen LogP contribution in [0.1, 0.15) is 49.7 Å². The van der Waals surface area contributed by atoms with Crippen molar-refractivity contribution in [1.29, 1.82) is 0 Å². The van der Waals surface area contributed by atoms with Gasteiger partial charge < -0.3 is 25.0 Å². The van der Waals surface area contributed by atoms with Gasteiger partial charge in [-0.15, -0.1) is 0 Å². The summed E-state index contributed by atoms with van der Waals surface area (Å²) in [5.41, 5.74) is 5.05. The summed E-state index contributed by atoms with van der Waals surface area (Å²) < 4.78 is 11.4. The largest absolute Gasteiger partial charge is 0.357 e. The van der Waals surface area contributed by atoms with Gasteiger partial charge in [0.2, 0.25) is 0 Å². The van der Waals surface area contributed by atoms with Crippen molar-refractivity contribution < 1.29 is 14.3 Å². The molecule has 0 saturated carbocycles. The Morgan fingerprint density at radius 3 is 2.77 bits per heavy atom. The molecule has 202 valence electrons. The fourth-order valence-corrected chi connectivity index (χ4v) is 4.86. The maximum Gasteiger partial charge on any atom is 0.323 e. The minimum atomic E-state index is -0.324. The molecule has 0 spiro atoms. The number of pyridine rings is 1. The highest BCUT2D eigenvalue weighted by atomic mass is 16.7. The Labute approximate surface area is 230 Å². The van der Waals surface area contributed by atoms with E-state index >= 15 is 0 Å². The van der Waals surface area contributed by atoms with E-state index in [0.717, 1.165) is 67.2 Å². The summed E-state index contributed by atoms with van der Waals surface area (Å²) in [6.45, 7) is 5.40. The number of hydrogen-bond acceptors (Lipinski definition) is 5. The zero-order valence-corrected chi connectivity index (χ0v) is 22.5. The normalized spacial score (nSPS) is 16.8. The zero-order chi connectivity index (χ0) is 26.9. The van der Waals surface area contributed by atoms with Crippen LogP contribution in [-0.4, -0.2) is 43.6 Å². The van der Waals surface area contributed by atoms with Gasteiger partial charge in [0.1, 0.15) is 5.82 Å². The fraction of sp³-hybridized carbons (Fsp3) is 0.375. The molecule has 2 fully saturated rings. The number of nitrogens with zero attached hydrogens (tertiary/aromatic N) is 2. The molecule has 0 radical (unpaired) electrons. The Morgan fingerprint density at radius 2 is 1.92 bits per heavy atom. The molecule has 39 heavy (non-hydrogen) atoms. The first-order chi connectivity index (χ1) is 19.1. The molecule has 2 aliphatic rings. The van der Waals surface area contributed by atoms with Crippen LogP contribution in [0.3, 0.4) is 0 Å². The molecule has 1 aromatic heterocycles. The first-order valence-electron chi connectivity index (χ1n) is 13.9. The first-order valence-corrected chi connectivity index (χ1v) is 13.9. The van der Waals surface area contributed by atoms with Gasteiger partial charge in [0.25, 0.3) is 0 Å². The molecular formula is C32H36N4O3. The topological polar surface area (TPSA) is 75.7 Å². The van der Waals surface area contributed by atoms with E-state index in [9.17, 15) is 4.79 Å². The zero-order valence-electron chi connectivity index (χ0n) is 22.5. The number of carbonyl (C=O) groups excluding carboxylic acids is 1. The van der Waals surface area contributed by atoms with Crippen LogP contribution in [0.15, 0.2) is 60.7 Å². The van der Waals surface area contributed by atoms with E-state index in [0.29, 0.717) is 24.4 Å². The van der Waals surface area contributed by atoms with Gasteiger partial charge in [0.15, 0.2) is 6.29 Å². The molecule has 1 unspecified atom stereocenters. The number of rotatable bonds is 7. The summed E-state index contributed by atoms with van der Waals surface area (Å²) in [5, 5.41) is 5.91. The highest BCUT2D eigenvalue weighted by Crippen LogP contribution is 2.25. The van der Waals surface area contributed by atoms with Gasteiger partial charge in [-0.05, 0) is 81.0 Å².